The maximum absolute atomic E-state index is 14.1. The molecule has 6 rings (SSSR count). The van der Waals surface area contributed by atoms with Crippen LogP contribution in [0.1, 0.15) is 34.5 Å². The molecule has 3 aliphatic rings. The number of aromatic nitrogens is 1. The molecule has 2 atom stereocenters. The minimum absolute atomic E-state index is 0.0250. The van der Waals surface area contributed by atoms with E-state index in [1.54, 1.807) is 24.3 Å². The molecule has 2 N–H and O–H groups in total. The van der Waals surface area contributed by atoms with E-state index in [1.807, 2.05) is 12.1 Å². The van der Waals surface area contributed by atoms with Crippen molar-refractivity contribution in [3.63, 3.8) is 0 Å². The van der Waals surface area contributed by atoms with Gasteiger partial charge in [-0.05, 0) is 49.6 Å². The molecule has 2 saturated heterocycles. The molecule has 8 nitrogen and oxygen atoms in total. The van der Waals surface area contributed by atoms with Crippen LogP contribution in [0.2, 0.25) is 5.02 Å². The molecule has 1 unspecified atom stereocenters. The molecule has 5 heterocycles. The smallest absolute Gasteiger partial charge is 0.346 e. The predicted octanol–water partition coefficient (Wildman–Crippen LogP) is 5.79. The first-order valence-corrected chi connectivity index (χ1v) is 14.1. The van der Waals surface area contributed by atoms with Crippen LogP contribution in [0.15, 0.2) is 54.1 Å². The third-order valence-electron chi connectivity index (χ3n) is 7.24. The Balaban J connectivity index is 1.09. The van der Waals surface area contributed by atoms with Gasteiger partial charge in [0.2, 0.25) is 5.88 Å². The summed E-state index contributed by atoms with van der Waals surface area (Å²) in [4.78, 5) is 20.9. The average Bonchev–Trinajstić information content (AvgIpc) is 3.45. The number of benzene rings is 1. The van der Waals surface area contributed by atoms with E-state index in [0.717, 1.165) is 62.0 Å². The molecule has 1 aromatic carbocycles. The second-order valence-electron chi connectivity index (χ2n) is 9.83. The number of ether oxygens (including phenoxy) is 2. The number of carboxylic acids is 1. The van der Waals surface area contributed by atoms with Crippen LogP contribution in [0.25, 0.3) is 0 Å². The lowest BCUT2D eigenvalue weighted by Crippen LogP contribution is -2.44. The maximum Gasteiger partial charge on any atom is 0.346 e. The fourth-order valence-corrected chi connectivity index (χ4v) is 6.17. The summed E-state index contributed by atoms with van der Waals surface area (Å²) < 4.78 is 25.5. The highest BCUT2D eigenvalue weighted by Gasteiger charge is 2.34. The maximum atomic E-state index is 14.1. The van der Waals surface area contributed by atoms with E-state index in [1.165, 1.54) is 23.0 Å². The Morgan fingerprint density at radius 1 is 1.28 bits per heavy atom. The number of piperidine rings is 1. The van der Waals surface area contributed by atoms with E-state index in [9.17, 15) is 14.3 Å². The summed E-state index contributed by atoms with van der Waals surface area (Å²) in [7, 11) is 0. The van der Waals surface area contributed by atoms with Crippen molar-refractivity contribution in [3.8, 4) is 5.88 Å². The van der Waals surface area contributed by atoms with Crippen LogP contribution < -0.4 is 19.9 Å². The van der Waals surface area contributed by atoms with Crippen molar-refractivity contribution in [1.82, 2.24) is 4.98 Å². The molecule has 0 spiro atoms. The third kappa shape index (κ3) is 5.68. The average molecular weight is 571 g/mol. The number of nitrogens with one attached hydrogen (secondary N) is 1. The van der Waals surface area contributed by atoms with Crippen molar-refractivity contribution >= 4 is 45.4 Å². The number of carboxylic acid groups (broad SMARTS) is 1. The molecule has 39 heavy (non-hydrogen) atoms. The van der Waals surface area contributed by atoms with E-state index < -0.39 is 11.8 Å². The zero-order chi connectivity index (χ0) is 26.9. The highest BCUT2D eigenvalue weighted by atomic mass is 35.5. The minimum Gasteiger partial charge on any atom is -0.477 e. The number of halogens is 2. The van der Waals surface area contributed by atoms with Gasteiger partial charge in [0.25, 0.3) is 0 Å². The molecule has 0 radical (unpaired) electrons. The van der Waals surface area contributed by atoms with E-state index in [2.05, 4.69) is 26.2 Å². The van der Waals surface area contributed by atoms with Crippen LogP contribution in [0.5, 0.6) is 5.88 Å². The van der Waals surface area contributed by atoms with Gasteiger partial charge >= 0.3 is 5.97 Å². The molecule has 0 aliphatic carbocycles. The van der Waals surface area contributed by atoms with Crippen LogP contribution in [0.3, 0.4) is 0 Å². The first-order valence-electron chi connectivity index (χ1n) is 12.9. The number of hydrogen-bond donors (Lipinski definition) is 2. The number of fused-ring (bicyclic) bond motifs is 1. The second kappa shape index (κ2) is 11.0. The van der Waals surface area contributed by atoms with Crippen LogP contribution in [-0.4, -0.2) is 54.6 Å². The standard InChI is InChI=1S/C28H28ClFN4O4S/c29-19-5-4-18(21(30)13-19)16-38-26-3-1-2-24(32-26)33-9-6-17(7-10-33)12-25-31-22-14-23(28(35)36)39-27(22)34(25)15-20-8-11-37-20/h1-5,12-14,20,25,31H,6-11,15-16H2,(H,35,36)/t20-,25?/m0/s1. The number of thiophene rings is 1. The minimum atomic E-state index is -0.904. The lowest BCUT2D eigenvalue weighted by atomic mass is 10.0. The van der Waals surface area contributed by atoms with Crippen LogP contribution in [0.4, 0.5) is 20.9 Å². The normalized spacial score (nSPS) is 20.3. The Kier molecular flexibility index (Phi) is 7.33. The summed E-state index contributed by atoms with van der Waals surface area (Å²) in [6.45, 7) is 3.22. The Labute approximate surface area is 234 Å². The largest absolute Gasteiger partial charge is 0.477 e. The van der Waals surface area contributed by atoms with Gasteiger partial charge in [-0.1, -0.05) is 29.3 Å². The number of nitrogens with zero attached hydrogens (tertiary/aromatic N) is 3. The zero-order valence-corrected chi connectivity index (χ0v) is 22.7. The molecule has 0 bridgehead atoms. The van der Waals surface area contributed by atoms with Gasteiger partial charge in [-0.3, -0.25) is 0 Å². The summed E-state index contributed by atoms with van der Waals surface area (Å²) in [5.74, 6) is -0.0335. The highest BCUT2D eigenvalue weighted by molar-refractivity contribution is 7.18. The predicted molar refractivity (Wildman–Crippen MR) is 150 cm³/mol. The van der Waals surface area contributed by atoms with Crippen molar-refractivity contribution in [3.05, 3.63) is 75.4 Å². The highest BCUT2D eigenvalue weighted by Crippen LogP contribution is 2.43. The fourth-order valence-electron chi connectivity index (χ4n) is 5.01. The molecule has 0 amide bonds. The summed E-state index contributed by atoms with van der Waals surface area (Å²) in [6, 6.07) is 11.9. The first-order chi connectivity index (χ1) is 18.9. The Morgan fingerprint density at radius 3 is 2.82 bits per heavy atom. The number of carbonyl (C=O) groups is 1. The summed E-state index contributed by atoms with van der Waals surface area (Å²) in [5, 5.41) is 14.2. The van der Waals surface area contributed by atoms with Crippen LogP contribution >= 0.6 is 22.9 Å². The van der Waals surface area contributed by atoms with Gasteiger partial charge in [0.15, 0.2) is 0 Å². The van der Waals surface area contributed by atoms with E-state index in [-0.39, 0.29) is 18.9 Å². The Hall–Kier alpha value is -3.34. The lowest BCUT2D eigenvalue weighted by molar-refractivity contribution is -0.0446. The number of hydrogen-bond acceptors (Lipinski definition) is 8. The molecule has 3 aromatic rings. The second-order valence-corrected chi connectivity index (χ2v) is 11.3. The van der Waals surface area contributed by atoms with Crippen LogP contribution in [-0.2, 0) is 11.3 Å². The number of rotatable bonds is 8. The van der Waals surface area contributed by atoms with Crippen molar-refractivity contribution in [2.45, 2.75) is 38.1 Å². The molecule has 11 heteroatoms. The molecular formula is C28H28ClFN4O4S. The van der Waals surface area contributed by atoms with Crippen molar-refractivity contribution in [2.24, 2.45) is 0 Å². The topological polar surface area (TPSA) is 87.2 Å². The van der Waals surface area contributed by atoms with E-state index in [0.29, 0.717) is 21.3 Å². The molecule has 204 valence electrons. The molecular weight excluding hydrogens is 543 g/mol. The Morgan fingerprint density at radius 2 is 2.10 bits per heavy atom. The van der Waals surface area contributed by atoms with Gasteiger partial charge in [0.05, 0.1) is 11.8 Å². The third-order valence-corrected chi connectivity index (χ3v) is 8.63. The number of pyridine rings is 1. The monoisotopic (exact) mass is 570 g/mol. The number of aromatic carboxylic acids is 1. The van der Waals surface area contributed by atoms with Gasteiger partial charge in [0.1, 0.15) is 34.3 Å². The van der Waals surface area contributed by atoms with Gasteiger partial charge in [-0.2, -0.15) is 4.98 Å². The van der Waals surface area contributed by atoms with Crippen molar-refractivity contribution in [1.29, 1.82) is 0 Å². The van der Waals surface area contributed by atoms with Crippen molar-refractivity contribution < 1.29 is 23.8 Å². The first kappa shape index (κ1) is 25.9. The van der Waals surface area contributed by atoms with E-state index in [4.69, 9.17) is 21.1 Å². The molecule has 2 aromatic heterocycles. The fraction of sp³-hybridized carbons (Fsp3) is 0.357. The van der Waals surface area contributed by atoms with Crippen molar-refractivity contribution in [2.75, 3.05) is 41.4 Å². The SMILES string of the molecule is O=C(O)c1cc2c(s1)N(C[C@@H]1CCO1)C(C=C1CCN(c3cccc(OCc4ccc(Cl)cc4F)n3)CC1)N2. The summed E-state index contributed by atoms with van der Waals surface area (Å²) in [6.07, 6.45) is 5.23. The Bertz CT molecular complexity index is 1400. The molecule has 2 fully saturated rings. The zero-order valence-electron chi connectivity index (χ0n) is 21.1. The molecule has 0 saturated carbocycles. The lowest BCUT2D eigenvalue weighted by Gasteiger charge is -2.34. The summed E-state index contributed by atoms with van der Waals surface area (Å²) >= 11 is 7.14. The summed E-state index contributed by atoms with van der Waals surface area (Å²) in [5.41, 5.74) is 2.64. The quantitative estimate of drug-likeness (QED) is 0.329. The van der Waals surface area contributed by atoms with E-state index >= 15 is 0 Å². The number of anilines is 3. The van der Waals surface area contributed by atoms with Crippen LogP contribution in [0, 0.1) is 5.82 Å². The van der Waals surface area contributed by atoms with Gasteiger partial charge < -0.3 is 29.7 Å². The molecule has 3 aliphatic heterocycles. The van der Waals surface area contributed by atoms with Gasteiger partial charge in [-0.25, -0.2) is 9.18 Å². The van der Waals surface area contributed by atoms with Gasteiger partial charge in [0, 0.05) is 42.9 Å². The van der Waals surface area contributed by atoms with Gasteiger partial charge in [-0.15, -0.1) is 11.3 Å².